The molecule has 1 fully saturated rings. The lowest BCUT2D eigenvalue weighted by atomic mass is 10.3. The van der Waals surface area contributed by atoms with E-state index in [1.54, 1.807) is 35.6 Å². The van der Waals surface area contributed by atoms with Crippen LogP contribution in [-0.4, -0.2) is 41.9 Å². The third-order valence-electron chi connectivity index (χ3n) is 3.39. The van der Waals surface area contributed by atoms with Crippen LogP contribution in [0.3, 0.4) is 0 Å². The molecule has 1 aliphatic heterocycles. The Labute approximate surface area is 112 Å². The topological polar surface area (TPSA) is 68.3 Å². The summed E-state index contributed by atoms with van der Waals surface area (Å²) in [6.45, 7) is 0.342. The molecule has 0 bridgehead atoms. The van der Waals surface area contributed by atoms with Gasteiger partial charge in [-0.25, -0.2) is 8.42 Å². The summed E-state index contributed by atoms with van der Waals surface area (Å²) < 4.78 is 28.2. The molecule has 0 amide bonds. The second kappa shape index (κ2) is 5.24. The number of sulfonamides is 1. The Bertz CT molecular complexity index is 518. The van der Waals surface area contributed by atoms with Gasteiger partial charge in [0.1, 0.15) is 4.90 Å². The molecule has 2 rings (SSSR count). The maximum absolute atomic E-state index is 12.5. The van der Waals surface area contributed by atoms with Gasteiger partial charge in [0, 0.05) is 44.3 Å². The minimum Gasteiger partial charge on any atom is -0.352 e. The monoisotopic (exact) mass is 289 g/mol. The molecule has 0 saturated carbocycles. The average molecular weight is 289 g/mol. The van der Waals surface area contributed by atoms with Gasteiger partial charge < -0.3 is 10.3 Å². The van der Waals surface area contributed by atoms with Gasteiger partial charge in [0.25, 0.3) is 0 Å². The summed E-state index contributed by atoms with van der Waals surface area (Å²) in [5.74, 6) is 1.92. The van der Waals surface area contributed by atoms with Crippen molar-refractivity contribution in [3.8, 4) is 0 Å². The Morgan fingerprint density at radius 1 is 1.61 bits per heavy atom. The van der Waals surface area contributed by atoms with E-state index in [4.69, 9.17) is 5.73 Å². The zero-order valence-electron chi connectivity index (χ0n) is 10.7. The molecule has 0 aliphatic carbocycles. The molecule has 1 aliphatic rings. The van der Waals surface area contributed by atoms with Gasteiger partial charge >= 0.3 is 0 Å². The van der Waals surface area contributed by atoms with E-state index < -0.39 is 10.0 Å². The largest absolute Gasteiger partial charge is 0.352 e. The van der Waals surface area contributed by atoms with Gasteiger partial charge in [-0.05, 0) is 18.2 Å². The van der Waals surface area contributed by atoms with E-state index >= 15 is 0 Å². The molecule has 0 spiro atoms. The normalized spacial score (nSPS) is 20.8. The summed E-state index contributed by atoms with van der Waals surface area (Å²) in [5, 5.41) is 0. The lowest BCUT2D eigenvalue weighted by Gasteiger charge is -2.22. The molecular formula is C11H19N3O2S2. The number of rotatable bonds is 4. The minimum absolute atomic E-state index is 0.113. The number of nitrogens with zero attached hydrogens (tertiary/aromatic N) is 2. The molecule has 0 radical (unpaired) electrons. The fraction of sp³-hybridized carbons (Fsp3) is 0.636. The van der Waals surface area contributed by atoms with Crippen molar-refractivity contribution in [2.75, 3.05) is 18.6 Å². The Kier molecular flexibility index (Phi) is 4.05. The highest BCUT2D eigenvalue weighted by Gasteiger charge is 2.31. The first-order chi connectivity index (χ1) is 8.46. The molecule has 1 unspecified atom stereocenters. The van der Waals surface area contributed by atoms with Crippen LogP contribution in [0.1, 0.15) is 12.1 Å². The fourth-order valence-electron chi connectivity index (χ4n) is 2.09. The van der Waals surface area contributed by atoms with Crippen molar-refractivity contribution >= 4 is 21.8 Å². The number of aromatic nitrogens is 1. The first-order valence-corrected chi connectivity index (χ1v) is 8.47. The van der Waals surface area contributed by atoms with Crippen LogP contribution < -0.4 is 5.73 Å². The SMILES string of the molecule is CN(C1CCSC1)S(=O)(=O)c1cc(CN)n(C)c1. The van der Waals surface area contributed by atoms with Crippen LogP contribution >= 0.6 is 11.8 Å². The molecule has 7 heteroatoms. The highest BCUT2D eigenvalue weighted by atomic mass is 32.2. The number of hydrogen-bond acceptors (Lipinski definition) is 4. The van der Waals surface area contributed by atoms with Crippen LogP contribution in [0.25, 0.3) is 0 Å². The molecule has 18 heavy (non-hydrogen) atoms. The predicted molar refractivity (Wildman–Crippen MR) is 74.0 cm³/mol. The Morgan fingerprint density at radius 2 is 2.33 bits per heavy atom. The van der Waals surface area contributed by atoms with Gasteiger partial charge in [-0.3, -0.25) is 0 Å². The van der Waals surface area contributed by atoms with Crippen LogP contribution in [0.5, 0.6) is 0 Å². The third kappa shape index (κ3) is 2.45. The molecule has 1 saturated heterocycles. The van der Waals surface area contributed by atoms with Crippen LogP contribution in [0.2, 0.25) is 0 Å². The summed E-state index contributed by atoms with van der Waals surface area (Å²) in [5.41, 5.74) is 6.39. The number of aryl methyl sites for hydroxylation is 1. The second-order valence-electron chi connectivity index (χ2n) is 4.52. The van der Waals surface area contributed by atoms with Crippen molar-refractivity contribution in [3.63, 3.8) is 0 Å². The van der Waals surface area contributed by atoms with E-state index in [1.165, 1.54) is 4.31 Å². The van der Waals surface area contributed by atoms with E-state index in [2.05, 4.69) is 0 Å². The van der Waals surface area contributed by atoms with E-state index in [-0.39, 0.29) is 6.04 Å². The lowest BCUT2D eigenvalue weighted by molar-refractivity contribution is 0.394. The number of nitrogens with two attached hydrogens (primary N) is 1. The number of thioether (sulfide) groups is 1. The smallest absolute Gasteiger partial charge is 0.244 e. The maximum atomic E-state index is 12.5. The molecule has 1 aromatic rings. The highest BCUT2D eigenvalue weighted by molar-refractivity contribution is 7.99. The zero-order valence-corrected chi connectivity index (χ0v) is 12.3. The van der Waals surface area contributed by atoms with E-state index in [9.17, 15) is 8.42 Å². The molecule has 102 valence electrons. The summed E-state index contributed by atoms with van der Waals surface area (Å²) in [7, 11) is 0.0892. The van der Waals surface area contributed by atoms with Crippen molar-refractivity contribution in [1.82, 2.24) is 8.87 Å². The third-order valence-corrected chi connectivity index (χ3v) is 6.41. The van der Waals surface area contributed by atoms with Gasteiger partial charge in [0.2, 0.25) is 10.0 Å². The van der Waals surface area contributed by atoms with E-state index in [0.717, 1.165) is 23.6 Å². The Morgan fingerprint density at radius 3 is 2.83 bits per heavy atom. The molecular weight excluding hydrogens is 270 g/mol. The van der Waals surface area contributed by atoms with Crippen LogP contribution in [0, 0.1) is 0 Å². The molecule has 1 aromatic heterocycles. The van der Waals surface area contributed by atoms with Crippen molar-refractivity contribution in [3.05, 3.63) is 18.0 Å². The predicted octanol–water partition coefficient (Wildman–Crippen LogP) is 0.610. The average Bonchev–Trinajstić information content (AvgIpc) is 2.96. The zero-order chi connectivity index (χ0) is 13.3. The molecule has 0 aromatic carbocycles. The quantitative estimate of drug-likeness (QED) is 0.882. The fourth-order valence-corrected chi connectivity index (χ4v) is 4.94. The summed E-state index contributed by atoms with van der Waals surface area (Å²) in [4.78, 5) is 0.338. The van der Waals surface area contributed by atoms with Crippen LogP contribution in [0.15, 0.2) is 17.2 Å². The van der Waals surface area contributed by atoms with E-state index in [0.29, 0.717) is 11.4 Å². The van der Waals surface area contributed by atoms with Gasteiger partial charge in [-0.1, -0.05) is 0 Å². The van der Waals surface area contributed by atoms with Crippen molar-refractivity contribution in [2.45, 2.75) is 23.9 Å². The van der Waals surface area contributed by atoms with Crippen LogP contribution in [-0.2, 0) is 23.6 Å². The lowest BCUT2D eigenvalue weighted by Crippen LogP contribution is -2.36. The summed E-state index contributed by atoms with van der Waals surface area (Å²) in [6, 6.07) is 1.77. The Balaban J connectivity index is 2.28. The van der Waals surface area contributed by atoms with Gasteiger partial charge in [-0.15, -0.1) is 0 Å². The van der Waals surface area contributed by atoms with Gasteiger partial charge in [0.15, 0.2) is 0 Å². The van der Waals surface area contributed by atoms with Gasteiger partial charge in [-0.2, -0.15) is 16.1 Å². The van der Waals surface area contributed by atoms with E-state index in [1.807, 2.05) is 7.05 Å². The summed E-state index contributed by atoms with van der Waals surface area (Å²) in [6.07, 6.45) is 2.56. The van der Waals surface area contributed by atoms with Crippen LogP contribution in [0.4, 0.5) is 0 Å². The molecule has 2 heterocycles. The first-order valence-electron chi connectivity index (χ1n) is 5.88. The highest BCUT2D eigenvalue weighted by Crippen LogP contribution is 2.26. The minimum atomic E-state index is -3.39. The van der Waals surface area contributed by atoms with Crippen molar-refractivity contribution in [1.29, 1.82) is 0 Å². The number of hydrogen-bond donors (Lipinski definition) is 1. The second-order valence-corrected chi connectivity index (χ2v) is 7.67. The maximum Gasteiger partial charge on any atom is 0.244 e. The molecule has 5 nitrogen and oxygen atoms in total. The molecule has 1 atom stereocenters. The van der Waals surface area contributed by atoms with Gasteiger partial charge in [0.05, 0.1) is 0 Å². The van der Waals surface area contributed by atoms with Crippen molar-refractivity contribution in [2.24, 2.45) is 12.8 Å². The Hall–Kier alpha value is -0.500. The summed E-state index contributed by atoms with van der Waals surface area (Å²) >= 11 is 1.80. The standard InChI is InChI=1S/C11H19N3O2S2/c1-13-7-11(5-10(13)6-12)18(15,16)14(2)9-3-4-17-8-9/h5,7,9H,3-4,6,8,12H2,1-2H3. The molecule has 2 N–H and O–H groups in total. The first kappa shape index (κ1) is 13.9. The van der Waals surface area contributed by atoms with Crippen molar-refractivity contribution < 1.29 is 8.42 Å².